The third-order valence-electron chi connectivity index (χ3n) is 4.97. The molecule has 0 fully saturated rings. The molecule has 2 amide bonds. The van der Waals surface area contributed by atoms with E-state index in [0.29, 0.717) is 19.5 Å². The van der Waals surface area contributed by atoms with Gasteiger partial charge in [-0.1, -0.05) is 71.1 Å². The van der Waals surface area contributed by atoms with E-state index in [9.17, 15) is 19.5 Å². The average Bonchev–Trinajstić information content (AvgIpc) is 2.69. The van der Waals surface area contributed by atoms with Gasteiger partial charge in [-0.05, 0) is 26.3 Å². The van der Waals surface area contributed by atoms with Gasteiger partial charge >= 0.3 is 29.6 Å². The van der Waals surface area contributed by atoms with E-state index >= 15 is 0 Å². The van der Waals surface area contributed by atoms with Crippen LogP contribution < -0.4 is 50.6 Å². The molecule has 0 bridgehead atoms. The number of amides is 2. The summed E-state index contributed by atoms with van der Waals surface area (Å²) >= 11 is 0. The van der Waals surface area contributed by atoms with Gasteiger partial charge in [0, 0.05) is 25.5 Å². The molecule has 0 saturated heterocycles. The molecule has 170 valence electrons. The first-order valence-electron chi connectivity index (χ1n) is 11.4. The number of unbranched alkanes of at least 4 members (excludes halogenated alkanes) is 10. The third-order valence-corrected chi connectivity index (χ3v) is 4.97. The molecule has 1 atom stereocenters. The smallest absolute Gasteiger partial charge is 0.550 e. The molecule has 0 spiro atoms. The maximum atomic E-state index is 12.2. The summed E-state index contributed by atoms with van der Waals surface area (Å²) in [5.74, 6) is -1.78. The molecule has 0 aromatic heterocycles. The summed E-state index contributed by atoms with van der Waals surface area (Å²) < 4.78 is 0. The van der Waals surface area contributed by atoms with E-state index in [-0.39, 0.29) is 54.2 Å². The molecular formula is C22H42N3NaO4. The molecule has 0 rings (SSSR count). The Morgan fingerprint density at radius 2 is 1.33 bits per heavy atom. The first-order valence-corrected chi connectivity index (χ1v) is 11.4. The van der Waals surface area contributed by atoms with Crippen molar-refractivity contribution in [2.24, 2.45) is 0 Å². The maximum Gasteiger partial charge on any atom is 1.00 e. The fourth-order valence-electron chi connectivity index (χ4n) is 3.18. The third kappa shape index (κ3) is 20.6. The van der Waals surface area contributed by atoms with Crippen LogP contribution in [-0.2, 0) is 14.4 Å². The zero-order chi connectivity index (χ0) is 21.7. The Kier molecular flexibility index (Phi) is 24.2. The van der Waals surface area contributed by atoms with Gasteiger partial charge in [-0.15, -0.1) is 0 Å². The first-order chi connectivity index (χ1) is 14.0. The molecule has 3 N–H and O–H groups in total. The number of carboxylic acid groups (broad SMARTS) is 1. The number of likely N-dealkylation sites (N-methyl/N-ethyl adjacent to an activating group) is 1. The SMILES string of the molecule is CCCCCCCCCCCCCC(=O)NC(CCC(=O)[O-])C(=O)NCCNC.[Na+]. The van der Waals surface area contributed by atoms with Crippen LogP contribution in [0.3, 0.4) is 0 Å². The van der Waals surface area contributed by atoms with Crippen LogP contribution in [0.1, 0.15) is 96.8 Å². The molecule has 0 aliphatic carbocycles. The van der Waals surface area contributed by atoms with Gasteiger partial charge in [0.05, 0.1) is 0 Å². The van der Waals surface area contributed by atoms with Crippen LogP contribution in [0.25, 0.3) is 0 Å². The van der Waals surface area contributed by atoms with E-state index in [1.54, 1.807) is 7.05 Å². The second kappa shape index (κ2) is 23.0. The van der Waals surface area contributed by atoms with Gasteiger partial charge in [0.2, 0.25) is 11.8 Å². The molecule has 30 heavy (non-hydrogen) atoms. The summed E-state index contributed by atoms with van der Waals surface area (Å²) in [4.78, 5) is 35.0. The predicted octanol–water partition coefficient (Wildman–Crippen LogP) is -0.958. The van der Waals surface area contributed by atoms with Crippen molar-refractivity contribution in [3.63, 3.8) is 0 Å². The Labute approximate surface area is 205 Å². The van der Waals surface area contributed by atoms with Crippen LogP contribution in [-0.4, -0.2) is 44.0 Å². The number of carboxylic acids is 1. The minimum atomic E-state index is -1.22. The number of nitrogens with one attached hydrogen (secondary N) is 3. The zero-order valence-corrected chi connectivity index (χ0v) is 21.5. The molecule has 0 heterocycles. The van der Waals surface area contributed by atoms with Crippen LogP contribution >= 0.6 is 0 Å². The van der Waals surface area contributed by atoms with Gasteiger partial charge in [0.25, 0.3) is 0 Å². The van der Waals surface area contributed by atoms with Crippen molar-refractivity contribution in [1.29, 1.82) is 0 Å². The van der Waals surface area contributed by atoms with E-state index in [4.69, 9.17) is 0 Å². The van der Waals surface area contributed by atoms with E-state index in [1.807, 2.05) is 0 Å². The summed E-state index contributed by atoms with van der Waals surface area (Å²) in [6.07, 6.45) is 13.5. The molecule has 0 aliphatic heterocycles. The largest absolute Gasteiger partial charge is 1.00 e. The van der Waals surface area contributed by atoms with Gasteiger partial charge in [-0.3, -0.25) is 9.59 Å². The van der Waals surface area contributed by atoms with E-state index < -0.39 is 12.0 Å². The van der Waals surface area contributed by atoms with Crippen molar-refractivity contribution < 1.29 is 49.0 Å². The summed E-state index contributed by atoms with van der Waals surface area (Å²) in [5, 5.41) is 19.0. The van der Waals surface area contributed by atoms with E-state index in [2.05, 4.69) is 22.9 Å². The minimum absolute atomic E-state index is 0. The van der Waals surface area contributed by atoms with Crippen LogP contribution in [0.5, 0.6) is 0 Å². The van der Waals surface area contributed by atoms with Crippen LogP contribution in [0, 0.1) is 0 Å². The maximum absolute atomic E-state index is 12.2. The summed E-state index contributed by atoms with van der Waals surface area (Å²) in [6, 6.07) is -0.829. The normalized spacial score (nSPS) is 11.4. The number of hydrogen-bond acceptors (Lipinski definition) is 5. The molecule has 8 heteroatoms. The van der Waals surface area contributed by atoms with E-state index in [0.717, 1.165) is 19.3 Å². The Balaban J connectivity index is 0. The van der Waals surface area contributed by atoms with Crippen LogP contribution in [0.2, 0.25) is 0 Å². The van der Waals surface area contributed by atoms with Gasteiger partial charge < -0.3 is 25.9 Å². The Bertz CT molecular complexity index is 450. The van der Waals surface area contributed by atoms with Gasteiger partial charge in [-0.25, -0.2) is 0 Å². The van der Waals surface area contributed by atoms with Crippen LogP contribution in [0.4, 0.5) is 0 Å². The van der Waals surface area contributed by atoms with Crippen molar-refractivity contribution in [3.05, 3.63) is 0 Å². The average molecular weight is 436 g/mol. The molecule has 0 aliphatic rings. The summed E-state index contributed by atoms with van der Waals surface area (Å²) in [7, 11) is 1.77. The molecule has 0 radical (unpaired) electrons. The molecule has 7 nitrogen and oxygen atoms in total. The fourth-order valence-corrected chi connectivity index (χ4v) is 3.18. The minimum Gasteiger partial charge on any atom is -0.550 e. The second-order valence-corrected chi connectivity index (χ2v) is 7.71. The Morgan fingerprint density at radius 3 is 1.83 bits per heavy atom. The Morgan fingerprint density at radius 1 is 0.800 bits per heavy atom. The number of carbonyl (C=O) groups excluding carboxylic acids is 3. The standard InChI is InChI=1S/C22H43N3O4.Na/c1-3-4-5-6-7-8-9-10-11-12-13-14-20(26)25-19(15-16-21(27)28)22(29)24-18-17-23-2;/h19,23H,3-18H2,1-2H3,(H,24,29)(H,25,26)(H,27,28);/q;+1/p-1. The number of carbonyl (C=O) groups is 3. The van der Waals surface area contributed by atoms with Crippen molar-refractivity contribution >= 4 is 17.8 Å². The van der Waals surface area contributed by atoms with Crippen molar-refractivity contribution in [3.8, 4) is 0 Å². The Hall–Kier alpha value is -0.630. The first kappa shape index (κ1) is 31.6. The number of hydrogen-bond donors (Lipinski definition) is 3. The molecule has 1 unspecified atom stereocenters. The molecule has 0 saturated carbocycles. The van der Waals surface area contributed by atoms with Crippen molar-refractivity contribution in [2.75, 3.05) is 20.1 Å². The van der Waals surface area contributed by atoms with Crippen LogP contribution in [0.15, 0.2) is 0 Å². The van der Waals surface area contributed by atoms with Gasteiger partial charge in [0.15, 0.2) is 0 Å². The van der Waals surface area contributed by atoms with Gasteiger partial charge in [-0.2, -0.15) is 0 Å². The molecular weight excluding hydrogens is 393 g/mol. The fraction of sp³-hybridized carbons (Fsp3) is 0.864. The second-order valence-electron chi connectivity index (χ2n) is 7.71. The van der Waals surface area contributed by atoms with E-state index in [1.165, 1.54) is 51.4 Å². The summed E-state index contributed by atoms with van der Waals surface area (Å²) in [6.45, 7) is 3.26. The molecule has 0 aromatic rings. The predicted molar refractivity (Wildman–Crippen MR) is 114 cm³/mol. The van der Waals surface area contributed by atoms with Gasteiger partial charge in [0.1, 0.15) is 6.04 Å². The van der Waals surface area contributed by atoms with Crippen molar-refractivity contribution in [2.45, 2.75) is 103 Å². The topological polar surface area (TPSA) is 110 Å². The molecule has 0 aromatic carbocycles. The zero-order valence-electron chi connectivity index (χ0n) is 19.5. The van der Waals surface area contributed by atoms with Crippen molar-refractivity contribution in [1.82, 2.24) is 16.0 Å². The summed E-state index contributed by atoms with van der Waals surface area (Å²) in [5.41, 5.74) is 0. The monoisotopic (exact) mass is 435 g/mol. The number of aliphatic carboxylic acids is 1. The quantitative estimate of drug-likeness (QED) is 0.169. The number of rotatable bonds is 20.